The maximum absolute atomic E-state index is 12.3. The molecule has 0 saturated carbocycles. The molecule has 116 valence electrons. The van der Waals surface area contributed by atoms with Gasteiger partial charge in [0.1, 0.15) is 6.04 Å². The van der Waals surface area contributed by atoms with E-state index in [-0.39, 0.29) is 25.0 Å². The van der Waals surface area contributed by atoms with Gasteiger partial charge in [-0.3, -0.25) is 9.59 Å². The normalized spacial score (nSPS) is 20.1. The van der Waals surface area contributed by atoms with E-state index in [2.05, 4.69) is 5.32 Å². The minimum absolute atomic E-state index is 0.0511. The molecule has 6 heteroatoms. The lowest BCUT2D eigenvalue weighted by molar-refractivity contribution is -0.145. The largest absolute Gasteiger partial charge is 0.394 e. The van der Waals surface area contributed by atoms with Crippen molar-refractivity contribution in [3.63, 3.8) is 0 Å². The van der Waals surface area contributed by atoms with E-state index in [4.69, 9.17) is 0 Å². The van der Waals surface area contributed by atoms with Crippen molar-refractivity contribution >= 4 is 11.8 Å². The van der Waals surface area contributed by atoms with Crippen molar-refractivity contribution in [2.75, 3.05) is 19.8 Å². The lowest BCUT2D eigenvalue weighted by Crippen LogP contribution is -2.57. The first-order chi connectivity index (χ1) is 9.14. The van der Waals surface area contributed by atoms with Crippen LogP contribution >= 0.6 is 0 Å². The van der Waals surface area contributed by atoms with Crippen molar-refractivity contribution in [2.24, 2.45) is 5.41 Å². The summed E-state index contributed by atoms with van der Waals surface area (Å²) >= 11 is 0. The second-order valence-corrected chi connectivity index (χ2v) is 6.77. The van der Waals surface area contributed by atoms with Crippen LogP contribution in [0.15, 0.2) is 0 Å². The first kappa shape index (κ1) is 16.9. The molecule has 1 aliphatic heterocycles. The monoisotopic (exact) mass is 286 g/mol. The van der Waals surface area contributed by atoms with Crippen LogP contribution in [0.2, 0.25) is 0 Å². The molecule has 1 atom stereocenters. The van der Waals surface area contributed by atoms with Gasteiger partial charge in [0.05, 0.1) is 18.8 Å². The van der Waals surface area contributed by atoms with Gasteiger partial charge < -0.3 is 20.4 Å². The zero-order chi connectivity index (χ0) is 15.6. The van der Waals surface area contributed by atoms with Crippen molar-refractivity contribution in [3.05, 3.63) is 0 Å². The summed E-state index contributed by atoms with van der Waals surface area (Å²) in [5.41, 5.74) is -1.59. The van der Waals surface area contributed by atoms with Crippen LogP contribution in [0.4, 0.5) is 0 Å². The molecule has 1 fully saturated rings. The molecule has 2 amide bonds. The average Bonchev–Trinajstić information content (AvgIpc) is 2.85. The van der Waals surface area contributed by atoms with Gasteiger partial charge in [-0.1, -0.05) is 20.8 Å². The molecular formula is C14H26N2O4. The van der Waals surface area contributed by atoms with Gasteiger partial charge >= 0.3 is 0 Å². The molecule has 1 rings (SSSR count). The van der Waals surface area contributed by atoms with E-state index >= 15 is 0 Å². The zero-order valence-electron chi connectivity index (χ0n) is 12.8. The fraction of sp³-hybridized carbons (Fsp3) is 0.857. The molecule has 3 N–H and O–H groups in total. The summed E-state index contributed by atoms with van der Waals surface area (Å²) in [5, 5.41) is 21.1. The van der Waals surface area contributed by atoms with E-state index in [1.54, 1.807) is 11.8 Å². The third-order valence-electron chi connectivity index (χ3n) is 3.58. The standard InChI is InChI=1S/C14H26N2O4/c1-13(2,3)12(20)16-7-5-6-10(16)11(19)15-14(4,8-17)9-18/h10,17-18H,5-9H2,1-4H3,(H,15,19). The molecule has 0 spiro atoms. The summed E-state index contributed by atoms with van der Waals surface area (Å²) in [5.74, 6) is -0.365. The van der Waals surface area contributed by atoms with Crippen molar-refractivity contribution in [1.82, 2.24) is 10.2 Å². The topological polar surface area (TPSA) is 89.9 Å². The average molecular weight is 286 g/mol. The van der Waals surface area contributed by atoms with Crippen molar-refractivity contribution in [3.8, 4) is 0 Å². The minimum atomic E-state index is -1.06. The Hall–Kier alpha value is -1.14. The summed E-state index contributed by atoms with van der Waals surface area (Å²) in [6, 6.07) is -0.515. The third-order valence-corrected chi connectivity index (χ3v) is 3.58. The highest BCUT2D eigenvalue weighted by Crippen LogP contribution is 2.25. The number of nitrogens with one attached hydrogen (secondary N) is 1. The lowest BCUT2D eigenvalue weighted by Gasteiger charge is -2.33. The van der Waals surface area contributed by atoms with Crippen LogP contribution in [0.3, 0.4) is 0 Å². The summed E-state index contributed by atoms with van der Waals surface area (Å²) in [6.07, 6.45) is 1.40. The maximum atomic E-state index is 12.3. The fourth-order valence-electron chi connectivity index (χ4n) is 2.22. The Balaban J connectivity index is 2.80. The highest BCUT2D eigenvalue weighted by atomic mass is 16.3. The SMILES string of the molecule is CC(CO)(CO)NC(=O)C1CCCN1C(=O)C(C)(C)C. The number of carbonyl (C=O) groups excluding carboxylic acids is 2. The van der Waals surface area contributed by atoms with Gasteiger partial charge in [-0.25, -0.2) is 0 Å². The van der Waals surface area contributed by atoms with Crippen LogP contribution in [-0.2, 0) is 9.59 Å². The first-order valence-corrected chi connectivity index (χ1v) is 6.99. The summed E-state index contributed by atoms with van der Waals surface area (Å²) in [4.78, 5) is 26.2. The van der Waals surface area contributed by atoms with Crippen LogP contribution in [0.25, 0.3) is 0 Å². The number of aliphatic hydroxyl groups is 2. The highest BCUT2D eigenvalue weighted by Gasteiger charge is 2.40. The summed E-state index contributed by atoms with van der Waals surface area (Å²) in [7, 11) is 0. The maximum Gasteiger partial charge on any atom is 0.243 e. The van der Waals surface area contributed by atoms with Crippen molar-refractivity contribution < 1.29 is 19.8 Å². The number of hydrogen-bond donors (Lipinski definition) is 3. The van der Waals surface area contributed by atoms with Gasteiger partial charge in [-0.15, -0.1) is 0 Å². The molecular weight excluding hydrogens is 260 g/mol. The predicted molar refractivity (Wildman–Crippen MR) is 74.9 cm³/mol. The van der Waals surface area contributed by atoms with E-state index in [0.29, 0.717) is 13.0 Å². The highest BCUT2D eigenvalue weighted by molar-refractivity contribution is 5.90. The quantitative estimate of drug-likeness (QED) is 0.672. The molecule has 1 unspecified atom stereocenters. The lowest BCUT2D eigenvalue weighted by atomic mass is 9.94. The molecule has 0 aromatic carbocycles. The molecule has 1 aliphatic rings. The van der Waals surface area contributed by atoms with E-state index < -0.39 is 17.0 Å². The first-order valence-electron chi connectivity index (χ1n) is 6.99. The van der Waals surface area contributed by atoms with Gasteiger partial charge in [0.25, 0.3) is 0 Å². The zero-order valence-corrected chi connectivity index (χ0v) is 12.8. The molecule has 0 aromatic rings. The van der Waals surface area contributed by atoms with Crippen LogP contribution in [0.1, 0.15) is 40.5 Å². The van der Waals surface area contributed by atoms with Gasteiger partial charge in [0.2, 0.25) is 11.8 Å². The number of carbonyl (C=O) groups is 2. The van der Waals surface area contributed by atoms with Gasteiger partial charge in [-0.05, 0) is 19.8 Å². The molecule has 0 bridgehead atoms. The van der Waals surface area contributed by atoms with E-state index in [1.165, 1.54) is 0 Å². The molecule has 1 saturated heterocycles. The summed E-state index contributed by atoms with van der Waals surface area (Å²) in [6.45, 7) is 6.92. The van der Waals surface area contributed by atoms with E-state index in [0.717, 1.165) is 6.42 Å². The second kappa shape index (κ2) is 6.10. The van der Waals surface area contributed by atoms with Gasteiger partial charge in [-0.2, -0.15) is 0 Å². The smallest absolute Gasteiger partial charge is 0.243 e. The predicted octanol–water partition coefficient (Wildman–Crippen LogP) is -0.117. The van der Waals surface area contributed by atoms with Crippen LogP contribution in [0, 0.1) is 5.41 Å². The molecule has 0 aliphatic carbocycles. The van der Waals surface area contributed by atoms with Crippen LogP contribution in [0.5, 0.6) is 0 Å². The Morgan fingerprint density at radius 2 is 1.75 bits per heavy atom. The van der Waals surface area contributed by atoms with E-state index in [1.807, 2.05) is 20.8 Å². The summed E-state index contributed by atoms with van der Waals surface area (Å²) < 4.78 is 0. The van der Waals surface area contributed by atoms with Crippen molar-refractivity contribution in [2.45, 2.75) is 52.1 Å². The number of hydrogen-bond acceptors (Lipinski definition) is 4. The minimum Gasteiger partial charge on any atom is -0.394 e. The Labute approximate surface area is 120 Å². The van der Waals surface area contributed by atoms with Crippen molar-refractivity contribution in [1.29, 1.82) is 0 Å². The second-order valence-electron chi connectivity index (χ2n) is 6.77. The van der Waals surface area contributed by atoms with Gasteiger partial charge in [0.15, 0.2) is 0 Å². The van der Waals surface area contributed by atoms with Gasteiger partial charge in [0, 0.05) is 12.0 Å². The molecule has 6 nitrogen and oxygen atoms in total. The Bertz CT molecular complexity index is 372. The fourth-order valence-corrected chi connectivity index (χ4v) is 2.22. The Morgan fingerprint density at radius 1 is 1.20 bits per heavy atom. The molecule has 1 heterocycles. The number of amides is 2. The number of nitrogens with zero attached hydrogens (tertiary/aromatic N) is 1. The Morgan fingerprint density at radius 3 is 2.20 bits per heavy atom. The Kier molecular flexibility index (Phi) is 5.15. The molecule has 0 aromatic heterocycles. The van der Waals surface area contributed by atoms with Crippen LogP contribution < -0.4 is 5.32 Å². The number of likely N-dealkylation sites (tertiary alicyclic amines) is 1. The van der Waals surface area contributed by atoms with Crippen LogP contribution in [-0.4, -0.2) is 58.3 Å². The molecule has 0 radical (unpaired) electrons. The number of aliphatic hydroxyl groups excluding tert-OH is 2. The molecule has 20 heavy (non-hydrogen) atoms. The third kappa shape index (κ3) is 3.70. The number of rotatable bonds is 4. The van der Waals surface area contributed by atoms with E-state index in [9.17, 15) is 19.8 Å².